The highest BCUT2D eigenvalue weighted by atomic mass is 16.2. The number of piperidine rings is 1. The van der Waals surface area contributed by atoms with Crippen molar-refractivity contribution in [2.45, 2.75) is 38.9 Å². The summed E-state index contributed by atoms with van der Waals surface area (Å²) in [7, 11) is 0. The summed E-state index contributed by atoms with van der Waals surface area (Å²) in [5.41, 5.74) is 3.70. The van der Waals surface area contributed by atoms with Gasteiger partial charge >= 0.3 is 6.03 Å². The van der Waals surface area contributed by atoms with Crippen molar-refractivity contribution < 1.29 is 19.2 Å². The zero-order chi connectivity index (χ0) is 24.5. The Morgan fingerprint density at radius 1 is 1.17 bits per heavy atom. The Labute approximate surface area is 201 Å². The highest BCUT2D eigenvalue weighted by Crippen LogP contribution is 2.28. The van der Waals surface area contributed by atoms with Crippen molar-refractivity contribution in [2.75, 3.05) is 5.32 Å². The van der Waals surface area contributed by atoms with E-state index >= 15 is 0 Å². The summed E-state index contributed by atoms with van der Waals surface area (Å²) < 4.78 is 1.92. The number of urea groups is 1. The van der Waals surface area contributed by atoms with Gasteiger partial charge in [-0.15, -0.1) is 0 Å². The number of benzene rings is 2. The van der Waals surface area contributed by atoms with E-state index in [0.29, 0.717) is 24.2 Å². The van der Waals surface area contributed by atoms with Crippen LogP contribution in [0.5, 0.6) is 0 Å². The zero-order valence-corrected chi connectivity index (χ0v) is 19.1. The Hall–Kier alpha value is -4.47. The van der Waals surface area contributed by atoms with Crippen LogP contribution in [-0.2, 0) is 22.7 Å². The molecule has 1 fully saturated rings. The molecule has 2 aliphatic rings. The molecular weight excluding hydrogens is 448 g/mol. The zero-order valence-electron chi connectivity index (χ0n) is 19.1. The summed E-state index contributed by atoms with van der Waals surface area (Å²) in [6, 6.07) is 11.8. The Kier molecular flexibility index (Phi) is 5.77. The highest BCUT2D eigenvalue weighted by Gasteiger charge is 2.39. The van der Waals surface area contributed by atoms with Crippen molar-refractivity contribution in [1.82, 2.24) is 25.1 Å². The number of fused-ring (bicyclic) bond motifs is 1. The van der Waals surface area contributed by atoms with Gasteiger partial charge in [0.05, 0.1) is 0 Å². The van der Waals surface area contributed by atoms with Gasteiger partial charge in [-0.3, -0.25) is 19.7 Å². The molecule has 35 heavy (non-hydrogen) atoms. The van der Waals surface area contributed by atoms with Crippen LogP contribution < -0.4 is 16.0 Å². The molecule has 1 unspecified atom stereocenters. The van der Waals surface area contributed by atoms with Gasteiger partial charge < -0.3 is 20.1 Å². The molecule has 1 aromatic heterocycles. The summed E-state index contributed by atoms with van der Waals surface area (Å²) in [4.78, 5) is 54.6. The number of imide groups is 1. The number of amides is 5. The van der Waals surface area contributed by atoms with Crippen LogP contribution in [0.4, 0.5) is 10.5 Å². The quantitative estimate of drug-likeness (QED) is 0.491. The number of aromatic nitrogens is 2. The first-order valence-electron chi connectivity index (χ1n) is 11.3. The third-order valence-electron chi connectivity index (χ3n) is 6.25. The lowest BCUT2D eigenvalue weighted by atomic mass is 10.0. The number of rotatable bonds is 5. The van der Waals surface area contributed by atoms with Crippen molar-refractivity contribution in [3.8, 4) is 5.69 Å². The number of imidazole rings is 1. The SMILES string of the molecule is Cc1nccn1-c1cccc(NC(=O)NCc2ccc3c(c2)CN(C2CCC(=O)NC2=O)C3=O)c1. The standard InChI is InChI=1S/C25H24N6O4/c1-15-26-9-10-30(15)19-4-2-3-18(12-19)28-25(35)27-13-16-5-6-20-17(11-16)14-31(24(20)34)21-7-8-22(32)29-23(21)33/h2-6,9-12,21H,7-8,13-14H2,1H3,(H2,27,28,35)(H,29,32,33). The topological polar surface area (TPSA) is 125 Å². The van der Waals surface area contributed by atoms with E-state index in [4.69, 9.17) is 0 Å². The fourth-order valence-electron chi connectivity index (χ4n) is 4.48. The second kappa shape index (κ2) is 9.05. The fraction of sp³-hybridized carbons (Fsp3) is 0.240. The molecule has 1 saturated heterocycles. The van der Waals surface area contributed by atoms with E-state index in [0.717, 1.165) is 22.6 Å². The van der Waals surface area contributed by atoms with Crippen LogP contribution in [0.3, 0.4) is 0 Å². The minimum absolute atomic E-state index is 0.214. The second-order valence-corrected chi connectivity index (χ2v) is 8.59. The molecule has 10 nitrogen and oxygen atoms in total. The van der Waals surface area contributed by atoms with E-state index < -0.39 is 11.9 Å². The van der Waals surface area contributed by atoms with E-state index in [1.807, 2.05) is 42.0 Å². The number of hydrogen-bond donors (Lipinski definition) is 3. The third-order valence-corrected chi connectivity index (χ3v) is 6.25. The number of anilines is 1. The third kappa shape index (κ3) is 4.50. The molecule has 5 rings (SSSR count). The number of nitrogens with one attached hydrogen (secondary N) is 3. The normalized spacial score (nSPS) is 17.2. The average Bonchev–Trinajstić information content (AvgIpc) is 3.41. The molecule has 0 saturated carbocycles. The minimum atomic E-state index is -0.651. The molecule has 178 valence electrons. The summed E-state index contributed by atoms with van der Waals surface area (Å²) in [6.07, 6.45) is 4.11. The maximum atomic E-state index is 12.8. The molecule has 1 atom stereocenters. The van der Waals surface area contributed by atoms with E-state index in [-0.39, 0.29) is 30.8 Å². The van der Waals surface area contributed by atoms with Gasteiger partial charge in [-0.1, -0.05) is 18.2 Å². The van der Waals surface area contributed by atoms with E-state index in [9.17, 15) is 19.2 Å². The van der Waals surface area contributed by atoms with E-state index in [1.165, 1.54) is 4.90 Å². The Morgan fingerprint density at radius 3 is 2.80 bits per heavy atom. The smallest absolute Gasteiger partial charge is 0.319 e. The van der Waals surface area contributed by atoms with Gasteiger partial charge in [0.15, 0.2) is 0 Å². The first-order chi connectivity index (χ1) is 16.9. The highest BCUT2D eigenvalue weighted by molar-refractivity contribution is 6.05. The molecule has 2 aromatic carbocycles. The molecule has 0 radical (unpaired) electrons. The van der Waals surface area contributed by atoms with E-state index in [1.54, 1.807) is 24.4 Å². The van der Waals surface area contributed by atoms with Gasteiger partial charge in [-0.2, -0.15) is 0 Å². The molecule has 0 aliphatic carbocycles. The van der Waals surface area contributed by atoms with Gasteiger partial charge in [0, 0.05) is 48.8 Å². The predicted molar refractivity (Wildman–Crippen MR) is 127 cm³/mol. The van der Waals surface area contributed by atoms with Crippen LogP contribution in [-0.4, -0.2) is 44.2 Å². The van der Waals surface area contributed by atoms with Crippen molar-refractivity contribution in [3.63, 3.8) is 0 Å². The number of hydrogen-bond acceptors (Lipinski definition) is 5. The molecule has 10 heteroatoms. The van der Waals surface area contributed by atoms with Gasteiger partial charge in [0.1, 0.15) is 11.9 Å². The van der Waals surface area contributed by atoms with Crippen molar-refractivity contribution in [1.29, 1.82) is 0 Å². The summed E-state index contributed by atoms with van der Waals surface area (Å²) >= 11 is 0. The maximum Gasteiger partial charge on any atom is 0.319 e. The Bertz CT molecular complexity index is 1350. The molecule has 0 bridgehead atoms. The first-order valence-corrected chi connectivity index (χ1v) is 11.3. The Morgan fingerprint density at radius 2 is 2.03 bits per heavy atom. The number of aryl methyl sites for hydroxylation is 1. The minimum Gasteiger partial charge on any atom is -0.334 e. The fourth-order valence-corrected chi connectivity index (χ4v) is 4.48. The largest absolute Gasteiger partial charge is 0.334 e. The van der Waals surface area contributed by atoms with Gasteiger partial charge in [-0.05, 0) is 48.7 Å². The van der Waals surface area contributed by atoms with Crippen LogP contribution in [0, 0.1) is 6.92 Å². The first kappa shape index (κ1) is 22.3. The number of carbonyl (C=O) groups excluding carboxylic acids is 4. The van der Waals surface area contributed by atoms with Gasteiger partial charge in [0.25, 0.3) is 5.91 Å². The molecule has 3 aromatic rings. The van der Waals surface area contributed by atoms with Crippen LogP contribution in [0.15, 0.2) is 54.9 Å². The number of carbonyl (C=O) groups is 4. The lowest BCUT2D eigenvalue weighted by molar-refractivity contribution is -0.136. The average molecular weight is 473 g/mol. The molecule has 3 heterocycles. The monoisotopic (exact) mass is 472 g/mol. The molecule has 3 N–H and O–H groups in total. The summed E-state index contributed by atoms with van der Waals surface area (Å²) in [6.45, 7) is 2.47. The maximum absolute atomic E-state index is 12.8. The number of nitrogens with zero attached hydrogens (tertiary/aromatic N) is 3. The predicted octanol–water partition coefficient (Wildman–Crippen LogP) is 2.26. The molecular formula is C25H24N6O4. The van der Waals surface area contributed by atoms with Crippen molar-refractivity contribution in [2.24, 2.45) is 0 Å². The second-order valence-electron chi connectivity index (χ2n) is 8.59. The van der Waals surface area contributed by atoms with Crippen LogP contribution >= 0.6 is 0 Å². The molecule has 5 amide bonds. The summed E-state index contributed by atoms with van der Waals surface area (Å²) in [5, 5.41) is 7.97. The lowest BCUT2D eigenvalue weighted by Gasteiger charge is -2.29. The Balaban J connectivity index is 1.20. The van der Waals surface area contributed by atoms with Gasteiger partial charge in [-0.25, -0.2) is 9.78 Å². The van der Waals surface area contributed by atoms with Crippen molar-refractivity contribution in [3.05, 3.63) is 77.4 Å². The van der Waals surface area contributed by atoms with E-state index in [2.05, 4.69) is 20.9 Å². The molecule has 0 spiro atoms. The van der Waals surface area contributed by atoms with Crippen LogP contribution in [0.1, 0.15) is 40.2 Å². The summed E-state index contributed by atoms with van der Waals surface area (Å²) in [5.74, 6) is -0.128. The molecule has 2 aliphatic heterocycles. The van der Waals surface area contributed by atoms with Crippen LogP contribution in [0.2, 0.25) is 0 Å². The lowest BCUT2D eigenvalue weighted by Crippen LogP contribution is -2.52. The van der Waals surface area contributed by atoms with Crippen LogP contribution in [0.25, 0.3) is 5.69 Å². The van der Waals surface area contributed by atoms with Crippen molar-refractivity contribution >= 4 is 29.4 Å². The van der Waals surface area contributed by atoms with Gasteiger partial charge in [0.2, 0.25) is 11.8 Å².